The lowest BCUT2D eigenvalue weighted by Gasteiger charge is -2.14. The maximum absolute atomic E-state index is 12.5. The lowest BCUT2D eigenvalue weighted by Crippen LogP contribution is -2.33. The molecule has 0 aromatic heterocycles. The quantitative estimate of drug-likeness (QED) is 0.153. The zero-order chi connectivity index (χ0) is 24.9. The van der Waals surface area contributed by atoms with Crippen LogP contribution in [-0.4, -0.2) is 24.8 Å². The number of halogens is 1. The first kappa shape index (κ1) is 26.3. The number of nitrogens with zero attached hydrogens (tertiary/aromatic N) is 1. The van der Waals surface area contributed by atoms with Crippen LogP contribution < -0.4 is 19.6 Å². The fourth-order valence-corrected chi connectivity index (χ4v) is 3.54. The molecule has 0 saturated carbocycles. The van der Waals surface area contributed by atoms with E-state index in [0.717, 1.165) is 40.6 Å². The van der Waals surface area contributed by atoms with E-state index >= 15 is 0 Å². The second-order valence-electron chi connectivity index (χ2n) is 7.98. The van der Waals surface area contributed by atoms with Crippen LogP contribution in [0, 0.1) is 0 Å². The van der Waals surface area contributed by atoms with Crippen molar-refractivity contribution >= 4 is 28.1 Å². The zero-order valence-corrected chi connectivity index (χ0v) is 21.7. The first-order valence-electron chi connectivity index (χ1n) is 11.7. The maximum Gasteiger partial charge on any atom is 0.280 e. The van der Waals surface area contributed by atoms with Crippen molar-refractivity contribution < 1.29 is 19.0 Å². The van der Waals surface area contributed by atoms with Crippen LogP contribution in [0.25, 0.3) is 0 Å². The molecule has 35 heavy (non-hydrogen) atoms. The molecule has 0 aliphatic rings. The molecule has 0 spiro atoms. The largest absolute Gasteiger partial charge is 0.494 e. The number of carbonyl (C=O) groups excluding carboxylic acids is 1. The van der Waals surface area contributed by atoms with E-state index in [4.69, 9.17) is 14.2 Å². The van der Waals surface area contributed by atoms with Crippen molar-refractivity contribution in [2.75, 3.05) is 6.61 Å². The summed E-state index contributed by atoms with van der Waals surface area (Å²) in [6.07, 6.45) is 4.18. The van der Waals surface area contributed by atoms with E-state index in [1.54, 1.807) is 25.3 Å². The highest BCUT2D eigenvalue weighted by Gasteiger charge is 2.14. The number of carbonyl (C=O) groups is 1. The Balaban J connectivity index is 1.50. The van der Waals surface area contributed by atoms with Gasteiger partial charge in [0.1, 0.15) is 23.9 Å². The van der Waals surface area contributed by atoms with Crippen molar-refractivity contribution in [3.8, 4) is 17.2 Å². The van der Waals surface area contributed by atoms with Gasteiger partial charge in [-0.15, -0.1) is 0 Å². The molecule has 3 aromatic carbocycles. The molecule has 1 N–H and O–H groups in total. The molecule has 0 radical (unpaired) electrons. The molecule has 1 amide bonds. The maximum atomic E-state index is 12.5. The van der Waals surface area contributed by atoms with E-state index in [1.807, 2.05) is 60.7 Å². The molecule has 3 rings (SSSR count). The molecular formula is C28H31BrN2O4. The van der Waals surface area contributed by atoms with Gasteiger partial charge in [-0.25, -0.2) is 5.43 Å². The van der Waals surface area contributed by atoms with E-state index < -0.39 is 6.10 Å². The van der Waals surface area contributed by atoms with Gasteiger partial charge in [-0.2, -0.15) is 5.10 Å². The minimum Gasteiger partial charge on any atom is -0.494 e. The Labute approximate surface area is 215 Å². The van der Waals surface area contributed by atoms with E-state index in [1.165, 1.54) is 0 Å². The predicted octanol–water partition coefficient (Wildman–Crippen LogP) is 6.51. The van der Waals surface area contributed by atoms with Gasteiger partial charge in [-0.1, -0.05) is 66.0 Å². The second-order valence-corrected chi connectivity index (χ2v) is 8.89. The van der Waals surface area contributed by atoms with Gasteiger partial charge < -0.3 is 14.2 Å². The van der Waals surface area contributed by atoms with Crippen LogP contribution in [0.1, 0.15) is 44.2 Å². The lowest BCUT2D eigenvalue weighted by molar-refractivity contribution is -0.127. The van der Waals surface area contributed by atoms with Crippen LogP contribution in [0.15, 0.2) is 82.4 Å². The summed E-state index contributed by atoms with van der Waals surface area (Å²) in [5.41, 5.74) is 4.33. The summed E-state index contributed by atoms with van der Waals surface area (Å²) in [5, 5.41) is 4.10. The van der Waals surface area contributed by atoms with Gasteiger partial charge in [-0.05, 0) is 61.4 Å². The molecule has 0 bridgehead atoms. The lowest BCUT2D eigenvalue weighted by atomic mass is 10.2. The van der Waals surface area contributed by atoms with Gasteiger partial charge in [0.25, 0.3) is 5.91 Å². The molecule has 0 aliphatic heterocycles. The van der Waals surface area contributed by atoms with Crippen LogP contribution in [-0.2, 0) is 11.4 Å². The third kappa shape index (κ3) is 9.09. The van der Waals surface area contributed by atoms with Gasteiger partial charge in [-0.3, -0.25) is 4.79 Å². The highest BCUT2D eigenvalue weighted by atomic mass is 79.9. The first-order valence-corrected chi connectivity index (χ1v) is 12.5. The standard InChI is InChI=1S/C28H31BrN2O4/c1-3-4-8-17-33-25-12-14-26(15-13-25)35-21(2)28(32)31-30-19-23-18-24(29)11-16-27(23)34-20-22-9-6-5-7-10-22/h5-7,9-16,18-19,21H,3-4,8,17,20H2,1-2H3,(H,31,32)/b30-19+. The van der Waals surface area contributed by atoms with Crippen LogP contribution >= 0.6 is 15.9 Å². The highest BCUT2D eigenvalue weighted by Crippen LogP contribution is 2.23. The highest BCUT2D eigenvalue weighted by molar-refractivity contribution is 9.10. The van der Waals surface area contributed by atoms with Gasteiger partial charge in [0.05, 0.1) is 12.8 Å². The summed E-state index contributed by atoms with van der Waals surface area (Å²) in [6.45, 7) is 4.97. The SMILES string of the molecule is CCCCCOc1ccc(OC(C)C(=O)N/N=C/c2cc(Br)ccc2OCc2ccccc2)cc1. The van der Waals surface area contributed by atoms with E-state index in [0.29, 0.717) is 24.7 Å². The van der Waals surface area contributed by atoms with Crippen molar-refractivity contribution in [3.63, 3.8) is 0 Å². The summed E-state index contributed by atoms with van der Waals surface area (Å²) in [6, 6.07) is 22.8. The number of ether oxygens (including phenoxy) is 3. The molecule has 7 heteroatoms. The monoisotopic (exact) mass is 538 g/mol. The summed E-state index contributed by atoms with van der Waals surface area (Å²) in [4.78, 5) is 12.5. The number of hydrogen-bond acceptors (Lipinski definition) is 5. The number of amides is 1. The van der Waals surface area contributed by atoms with Crippen molar-refractivity contribution in [3.05, 3.63) is 88.4 Å². The average Bonchev–Trinajstić information content (AvgIpc) is 2.87. The average molecular weight is 539 g/mol. The van der Waals surface area contributed by atoms with Crippen LogP contribution in [0.5, 0.6) is 17.2 Å². The number of rotatable bonds is 13. The smallest absolute Gasteiger partial charge is 0.280 e. The van der Waals surface area contributed by atoms with Crippen molar-refractivity contribution in [2.45, 2.75) is 45.8 Å². The van der Waals surface area contributed by atoms with Gasteiger partial charge in [0.2, 0.25) is 0 Å². The van der Waals surface area contributed by atoms with E-state index in [-0.39, 0.29) is 5.91 Å². The van der Waals surface area contributed by atoms with E-state index in [2.05, 4.69) is 33.4 Å². The van der Waals surface area contributed by atoms with E-state index in [9.17, 15) is 4.79 Å². The van der Waals surface area contributed by atoms with Gasteiger partial charge in [0, 0.05) is 10.0 Å². The predicted molar refractivity (Wildman–Crippen MR) is 142 cm³/mol. The Hall–Kier alpha value is -3.32. The van der Waals surface area contributed by atoms with Crippen molar-refractivity contribution in [1.29, 1.82) is 0 Å². The Morgan fingerprint density at radius 2 is 1.74 bits per heavy atom. The zero-order valence-electron chi connectivity index (χ0n) is 20.1. The molecule has 0 aliphatic carbocycles. The molecule has 1 atom stereocenters. The van der Waals surface area contributed by atoms with Crippen molar-refractivity contribution in [2.24, 2.45) is 5.10 Å². The number of nitrogens with one attached hydrogen (secondary N) is 1. The number of hydrogen-bond donors (Lipinski definition) is 1. The van der Waals surface area contributed by atoms with Crippen LogP contribution in [0.3, 0.4) is 0 Å². The normalized spacial score (nSPS) is 11.7. The molecule has 3 aromatic rings. The molecule has 0 heterocycles. The summed E-state index contributed by atoms with van der Waals surface area (Å²) in [5.74, 6) is 1.68. The van der Waals surface area contributed by atoms with Crippen molar-refractivity contribution in [1.82, 2.24) is 5.43 Å². The summed E-state index contributed by atoms with van der Waals surface area (Å²) < 4.78 is 18.3. The topological polar surface area (TPSA) is 69.2 Å². The minimum atomic E-state index is -0.722. The van der Waals surface area contributed by atoms with Gasteiger partial charge in [0.15, 0.2) is 6.10 Å². The Morgan fingerprint density at radius 1 is 1.00 bits per heavy atom. The summed E-state index contributed by atoms with van der Waals surface area (Å²) in [7, 11) is 0. The third-order valence-electron chi connectivity index (χ3n) is 5.11. The number of benzene rings is 3. The first-order chi connectivity index (χ1) is 17.0. The second kappa shape index (κ2) is 14.2. The molecule has 1 unspecified atom stereocenters. The van der Waals surface area contributed by atoms with Crippen LogP contribution in [0.2, 0.25) is 0 Å². The Bertz CT molecular complexity index is 1090. The molecule has 0 fully saturated rings. The number of unbranched alkanes of at least 4 members (excludes halogenated alkanes) is 2. The van der Waals surface area contributed by atoms with Crippen LogP contribution in [0.4, 0.5) is 0 Å². The fourth-order valence-electron chi connectivity index (χ4n) is 3.16. The molecule has 0 saturated heterocycles. The van der Waals surface area contributed by atoms with Gasteiger partial charge >= 0.3 is 0 Å². The Kier molecular flexibility index (Phi) is 10.6. The number of hydrazone groups is 1. The molecule has 184 valence electrons. The Morgan fingerprint density at radius 3 is 2.49 bits per heavy atom. The third-order valence-corrected chi connectivity index (χ3v) is 5.60. The molecule has 6 nitrogen and oxygen atoms in total. The minimum absolute atomic E-state index is 0.358. The summed E-state index contributed by atoms with van der Waals surface area (Å²) >= 11 is 3.47. The fraction of sp³-hybridized carbons (Fsp3) is 0.286. The molecular weight excluding hydrogens is 508 g/mol.